The van der Waals surface area contributed by atoms with Gasteiger partial charge in [0.25, 0.3) is 5.91 Å². The number of aromatic carboxylic acids is 1. The molecule has 0 bridgehead atoms. The molecule has 6 heteroatoms. The van der Waals surface area contributed by atoms with Crippen molar-refractivity contribution in [2.75, 3.05) is 20.2 Å². The zero-order chi connectivity index (χ0) is 18.5. The van der Waals surface area contributed by atoms with E-state index in [0.717, 1.165) is 25.0 Å². The molecule has 1 amide bonds. The van der Waals surface area contributed by atoms with Crippen LogP contribution < -0.4 is 4.74 Å². The van der Waals surface area contributed by atoms with E-state index in [2.05, 4.69) is 11.1 Å². The number of carbonyl (C=O) groups excluding carboxylic acids is 1. The molecule has 0 saturated carbocycles. The molecule has 1 aliphatic rings. The number of carbonyl (C=O) groups is 2. The van der Waals surface area contributed by atoms with Gasteiger partial charge in [-0.2, -0.15) is 0 Å². The number of pyridine rings is 1. The summed E-state index contributed by atoms with van der Waals surface area (Å²) in [6.07, 6.45) is 5.43. The second kappa shape index (κ2) is 7.99. The number of carboxylic acids is 1. The van der Waals surface area contributed by atoms with Gasteiger partial charge >= 0.3 is 5.97 Å². The molecule has 1 aliphatic heterocycles. The van der Waals surface area contributed by atoms with Gasteiger partial charge in [0.2, 0.25) is 0 Å². The number of para-hydroxylation sites is 1. The van der Waals surface area contributed by atoms with Crippen LogP contribution in [-0.4, -0.2) is 47.1 Å². The van der Waals surface area contributed by atoms with E-state index in [1.54, 1.807) is 12.0 Å². The Morgan fingerprint density at radius 1 is 1.19 bits per heavy atom. The Morgan fingerprint density at radius 3 is 2.58 bits per heavy atom. The standard InChI is InChI=1S/C20H22N2O4/c1-26-18-5-3-2-4-15(18)10-14-6-8-22(9-7-14)19(23)16-11-17(20(24)25)13-21-12-16/h2-5,11-14H,6-10H2,1H3,(H,24,25). The third-order valence-electron chi connectivity index (χ3n) is 4.84. The minimum Gasteiger partial charge on any atom is -0.496 e. The SMILES string of the molecule is COc1ccccc1CC1CCN(C(=O)c2cncc(C(=O)O)c2)CC1. The molecule has 1 aromatic heterocycles. The average Bonchev–Trinajstić information content (AvgIpc) is 2.68. The number of piperidine rings is 1. The molecule has 0 atom stereocenters. The maximum atomic E-state index is 12.6. The summed E-state index contributed by atoms with van der Waals surface area (Å²) in [5.74, 6) is 0.167. The van der Waals surface area contributed by atoms with Gasteiger partial charge < -0.3 is 14.7 Å². The molecule has 0 spiro atoms. The van der Waals surface area contributed by atoms with Crippen LogP contribution in [0.15, 0.2) is 42.7 Å². The second-order valence-corrected chi connectivity index (χ2v) is 6.52. The normalized spacial score (nSPS) is 14.9. The molecule has 6 nitrogen and oxygen atoms in total. The lowest BCUT2D eigenvalue weighted by Crippen LogP contribution is -2.39. The van der Waals surface area contributed by atoms with E-state index in [4.69, 9.17) is 9.84 Å². The molecule has 2 aromatic rings. The number of carboxylic acid groups (broad SMARTS) is 1. The van der Waals surface area contributed by atoms with Gasteiger partial charge in [0.1, 0.15) is 5.75 Å². The van der Waals surface area contributed by atoms with Gasteiger partial charge in [-0.05, 0) is 42.9 Å². The molecule has 1 aromatic carbocycles. The molecular weight excluding hydrogens is 332 g/mol. The largest absolute Gasteiger partial charge is 0.496 e. The summed E-state index contributed by atoms with van der Waals surface area (Å²) in [6.45, 7) is 1.33. The number of likely N-dealkylation sites (tertiary alicyclic amines) is 1. The van der Waals surface area contributed by atoms with Crippen LogP contribution in [0.4, 0.5) is 0 Å². The van der Waals surface area contributed by atoms with Crippen LogP contribution in [0.2, 0.25) is 0 Å². The van der Waals surface area contributed by atoms with Crippen LogP contribution >= 0.6 is 0 Å². The zero-order valence-electron chi connectivity index (χ0n) is 14.7. The fourth-order valence-corrected chi connectivity index (χ4v) is 3.38. The van der Waals surface area contributed by atoms with Gasteiger partial charge in [-0.15, -0.1) is 0 Å². The first kappa shape index (κ1) is 17.9. The van der Waals surface area contributed by atoms with Crippen molar-refractivity contribution in [2.24, 2.45) is 5.92 Å². The van der Waals surface area contributed by atoms with E-state index in [1.807, 2.05) is 18.2 Å². The number of amides is 1. The fourth-order valence-electron chi connectivity index (χ4n) is 3.38. The highest BCUT2D eigenvalue weighted by Crippen LogP contribution is 2.27. The third-order valence-corrected chi connectivity index (χ3v) is 4.84. The number of aromatic nitrogens is 1. The number of benzene rings is 1. The van der Waals surface area contributed by atoms with Gasteiger partial charge in [0.15, 0.2) is 0 Å². The monoisotopic (exact) mass is 354 g/mol. The molecule has 1 fully saturated rings. The highest BCUT2D eigenvalue weighted by atomic mass is 16.5. The number of methoxy groups -OCH3 is 1. The van der Waals surface area contributed by atoms with Crippen LogP contribution in [0.3, 0.4) is 0 Å². The van der Waals surface area contributed by atoms with Crippen molar-refractivity contribution in [1.29, 1.82) is 0 Å². The van der Waals surface area contributed by atoms with E-state index in [1.165, 1.54) is 24.0 Å². The van der Waals surface area contributed by atoms with E-state index in [0.29, 0.717) is 24.6 Å². The fraction of sp³-hybridized carbons (Fsp3) is 0.350. The van der Waals surface area contributed by atoms with Crippen LogP contribution in [-0.2, 0) is 6.42 Å². The lowest BCUT2D eigenvalue weighted by Gasteiger charge is -2.32. The van der Waals surface area contributed by atoms with Crippen molar-refractivity contribution in [3.8, 4) is 5.75 Å². The molecule has 0 aliphatic carbocycles. The first-order valence-corrected chi connectivity index (χ1v) is 8.68. The summed E-state index contributed by atoms with van der Waals surface area (Å²) in [6, 6.07) is 9.41. The Balaban J connectivity index is 1.60. The number of hydrogen-bond donors (Lipinski definition) is 1. The second-order valence-electron chi connectivity index (χ2n) is 6.52. The number of hydrogen-bond acceptors (Lipinski definition) is 4. The lowest BCUT2D eigenvalue weighted by molar-refractivity contribution is 0.0689. The number of rotatable bonds is 5. The quantitative estimate of drug-likeness (QED) is 0.893. The smallest absolute Gasteiger partial charge is 0.337 e. The molecular formula is C20H22N2O4. The summed E-state index contributed by atoms with van der Waals surface area (Å²) in [5.41, 5.74) is 1.55. The van der Waals surface area contributed by atoms with Crippen molar-refractivity contribution in [3.05, 3.63) is 59.4 Å². The number of ether oxygens (including phenoxy) is 1. The first-order valence-electron chi connectivity index (χ1n) is 8.68. The van der Waals surface area contributed by atoms with Gasteiger partial charge in [0, 0.05) is 25.5 Å². The molecule has 1 N–H and O–H groups in total. The van der Waals surface area contributed by atoms with Gasteiger partial charge in [-0.25, -0.2) is 4.79 Å². The van der Waals surface area contributed by atoms with E-state index >= 15 is 0 Å². The zero-order valence-corrected chi connectivity index (χ0v) is 14.7. The highest BCUT2D eigenvalue weighted by molar-refractivity contribution is 5.97. The van der Waals surface area contributed by atoms with Gasteiger partial charge in [-0.1, -0.05) is 18.2 Å². The Labute approximate surface area is 152 Å². The Bertz CT molecular complexity index is 798. The topological polar surface area (TPSA) is 79.7 Å². The van der Waals surface area contributed by atoms with Gasteiger partial charge in [0.05, 0.1) is 18.2 Å². The van der Waals surface area contributed by atoms with E-state index in [9.17, 15) is 9.59 Å². The van der Waals surface area contributed by atoms with Crippen LogP contribution in [0, 0.1) is 5.92 Å². The first-order chi connectivity index (χ1) is 12.6. The third kappa shape index (κ3) is 4.02. The molecule has 3 rings (SSSR count). The Morgan fingerprint density at radius 2 is 1.88 bits per heavy atom. The van der Waals surface area contributed by atoms with Crippen LogP contribution in [0.25, 0.3) is 0 Å². The maximum absolute atomic E-state index is 12.6. The Kier molecular flexibility index (Phi) is 5.51. The summed E-state index contributed by atoms with van der Waals surface area (Å²) in [5, 5.41) is 9.04. The molecule has 26 heavy (non-hydrogen) atoms. The van der Waals surface area contributed by atoms with E-state index in [-0.39, 0.29) is 11.5 Å². The van der Waals surface area contributed by atoms with Crippen molar-refractivity contribution in [3.63, 3.8) is 0 Å². The highest BCUT2D eigenvalue weighted by Gasteiger charge is 2.25. The average molecular weight is 354 g/mol. The van der Waals surface area contributed by atoms with Crippen LogP contribution in [0.5, 0.6) is 5.75 Å². The molecule has 136 valence electrons. The van der Waals surface area contributed by atoms with Crippen molar-refractivity contribution in [2.45, 2.75) is 19.3 Å². The minimum atomic E-state index is -1.08. The molecule has 2 heterocycles. The minimum absolute atomic E-state index is 0.0295. The van der Waals surface area contributed by atoms with E-state index < -0.39 is 5.97 Å². The predicted molar refractivity (Wildman–Crippen MR) is 96.5 cm³/mol. The van der Waals surface area contributed by atoms with Crippen molar-refractivity contribution < 1.29 is 19.4 Å². The van der Waals surface area contributed by atoms with Crippen LogP contribution in [0.1, 0.15) is 39.1 Å². The Hall–Kier alpha value is -2.89. The van der Waals surface area contributed by atoms with Crippen molar-refractivity contribution in [1.82, 2.24) is 9.88 Å². The summed E-state index contributed by atoms with van der Waals surface area (Å²) < 4.78 is 5.42. The summed E-state index contributed by atoms with van der Waals surface area (Å²) >= 11 is 0. The maximum Gasteiger partial charge on any atom is 0.337 e. The van der Waals surface area contributed by atoms with Gasteiger partial charge in [-0.3, -0.25) is 9.78 Å². The molecule has 1 saturated heterocycles. The molecule has 0 radical (unpaired) electrons. The summed E-state index contributed by atoms with van der Waals surface area (Å²) in [7, 11) is 1.68. The predicted octanol–water partition coefficient (Wildman–Crippen LogP) is 2.88. The number of nitrogens with zero attached hydrogens (tertiary/aromatic N) is 2. The molecule has 0 unspecified atom stereocenters. The van der Waals surface area contributed by atoms with Crippen molar-refractivity contribution >= 4 is 11.9 Å². The summed E-state index contributed by atoms with van der Waals surface area (Å²) in [4.78, 5) is 29.3. The lowest BCUT2D eigenvalue weighted by atomic mass is 9.89.